The molecule has 0 heterocycles. The molecule has 114 valence electrons. The number of nitrogens with one attached hydrogen (secondary N) is 1. The summed E-state index contributed by atoms with van der Waals surface area (Å²) in [5.74, 6) is -0.238. The molecule has 2 nitrogen and oxygen atoms in total. The summed E-state index contributed by atoms with van der Waals surface area (Å²) in [6, 6.07) is 14.1. The van der Waals surface area contributed by atoms with Crippen LogP contribution >= 0.6 is 0 Å². The number of carbonyl (C=O) groups excluding carboxylic acids is 1. The van der Waals surface area contributed by atoms with Gasteiger partial charge in [0.15, 0.2) is 0 Å². The Morgan fingerprint density at radius 2 is 1.86 bits per heavy atom. The van der Waals surface area contributed by atoms with Gasteiger partial charge in [-0.15, -0.1) is 0 Å². The van der Waals surface area contributed by atoms with Crippen LogP contribution in [0, 0.1) is 5.82 Å². The molecule has 0 aliphatic carbocycles. The van der Waals surface area contributed by atoms with Crippen LogP contribution in [-0.2, 0) is 4.79 Å². The zero-order valence-electron chi connectivity index (χ0n) is 12.8. The second kappa shape index (κ2) is 7.55. The van der Waals surface area contributed by atoms with Crippen molar-refractivity contribution in [2.75, 3.05) is 5.32 Å². The van der Waals surface area contributed by atoms with Crippen molar-refractivity contribution < 1.29 is 9.18 Å². The number of para-hydroxylation sites is 1. The zero-order chi connectivity index (χ0) is 15.9. The molecule has 2 rings (SSSR count). The average molecular weight is 297 g/mol. The topological polar surface area (TPSA) is 29.1 Å². The Hall–Kier alpha value is -2.42. The highest BCUT2D eigenvalue weighted by atomic mass is 19.1. The standard InChI is InChI=1S/C19H20FNO/c1-3-14(2)16-9-5-7-11-18(16)21-19(22)13-12-15-8-4-6-10-17(15)20/h4-14H,3H2,1-2H3,(H,21,22)/b13-12+/t14-/m0/s1. The molecular formula is C19H20FNO. The van der Waals surface area contributed by atoms with Crippen molar-refractivity contribution in [2.45, 2.75) is 26.2 Å². The quantitative estimate of drug-likeness (QED) is 0.774. The van der Waals surface area contributed by atoms with Crippen LogP contribution in [0.5, 0.6) is 0 Å². The highest BCUT2D eigenvalue weighted by Gasteiger charge is 2.09. The summed E-state index contributed by atoms with van der Waals surface area (Å²) in [4.78, 5) is 12.0. The van der Waals surface area contributed by atoms with E-state index in [-0.39, 0.29) is 11.7 Å². The van der Waals surface area contributed by atoms with Crippen LogP contribution in [0.25, 0.3) is 6.08 Å². The minimum atomic E-state index is -0.341. The van der Waals surface area contributed by atoms with Crippen molar-refractivity contribution in [3.8, 4) is 0 Å². The van der Waals surface area contributed by atoms with E-state index < -0.39 is 0 Å². The van der Waals surface area contributed by atoms with Crippen LogP contribution in [0.1, 0.15) is 37.3 Å². The summed E-state index contributed by atoms with van der Waals surface area (Å²) in [5.41, 5.74) is 2.31. The van der Waals surface area contributed by atoms with Crippen molar-refractivity contribution in [1.29, 1.82) is 0 Å². The van der Waals surface area contributed by atoms with Gasteiger partial charge in [0.2, 0.25) is 5.91 Å². The summed E-state index contributed by atoms with van der Waals surface area (Å²) < 4.78 is 13.5. The Labute approximate surface area is 130 Å². The Morgan fingerprint density at radius 3 is 2.59 bits per heavy atom. The molecule has 3 heteroatoms. The maximum absolute atomic E-state index is 13.5. The first kappa shape index (κ1) is 16.0. The third kappa shape index (κ3) is 4.04. The lowest BCUT2D eigenvalue weighted by Crippen LogP contribution is -2.10. The lowest BCUT2D eigenvalue weighted by atomic mass is 9.97. The molecule has 0 aliphatic heterocycles. The third-order valence-electron chi connectivity index (χ3n) is 3.68. The van der Waals surface area contributed by atoms with E-state index in [1.165, 1.54) is 18.2 Å². The minimum absolute atomic E-state index is 0.265. The normalized spacial score (nSPS) is 12.3. The van der Waals surface area contributed by atoms with Crippen LogP contribution in [-0.4, -0.2) is 5.91 Å². The van der Waals surface area contributed by atoms with Gasteiger partial charge in [0, 0.05) is 17.3 Å². The van der Waals surface area contributed by atoms with E-state index in [1.54, 1.807) is 18.2 Å². The molecule has 0 fully saturated rings. The van der Waals surface area contributed by atoms with Gasteiger partial charge in [-0.1, -0.05) is 50.2 Å². The lowest BCUT2D eigenvalue weighted by molar-refractivity contribution is -0.111. The lowest BCUT2D eigenvalue weighted by Gasteiger charge is -2.14. The molecule has 1 N–H and O–H groups in total. The molecule has 0 bridgehead atoms. The van der Waals surface area contributed by atoms with Crippen molar-refractivity contribution in [3.05, 3.63) is 71.6 Å². The van der Waals surface area contributed by atoms with Gasteiger partial charge in [0.1, 0.15) is 5.82 Å². The summed E-state index contributed by atoms with van der Waals surface area (Å²) in [5, 5.41) is 2.87. The molecule has 22 heavy (non-hydrogen) atoms. The van der Waals surface area contributed by atoms with Gasteiger partial charge in [0.05, 0.1) is 0 Å². The van der Waals surface area contributed by atoms with Gasteiger partial charge in [-0.05, 0) is 36.1 Å². The number of halogens is 1. The summed E-state index contributed by atoms with van der Waals surface area (Å²) in [7, 11) is 0. The van der Waals surface area contributed by atoms with E-state index in [0.717, 1.165) is 17.7 Å². The first-order valence-corrected chi connectivity index (χ1v) is 7.44. The number of hydrogen-bond donors (Lipinski definition) is 1. The van der Waals surface area contributed by atoms with Crippen molar-refractivity contribution in [2.24, 2.45) is 0 Å². The first-order valence-electron chi connectivity index (χ1n) is 7.44. The van der Waals surface area contributed by atoms with E-state index in [2.05, 4.69) is 19.2 Å². The molecule has 0 aromatic heterocycles. The van der Waals surface area contributed by atoms with Crippen LogP contribution in [0.15, 0.2) is 54.6 Å². The van der Waals surface area contributed by atoms with Gasteiger partial charge < -0.3 is 5.32 Å². The van der Waals surface area contributed by atoms with Gasteiger partial charge in [-0.2, -0.15) is 0 Å². The molecule has 0 spiro atoms. The fourth-order valence-corrected chi connectivity index (χ4v) is 2.21. The predicted molar refractivity (Wildman–Crippen MR) is 89.2 cm³/mol. The van der Waals surface area contributed by atoms with Gasteiger partial charge in [0.25, 0.3) is 0 Å². The monoisotopic (exact) mass is 297 g/mol. The zero-order valence-corrected chi connectivity index (χ0v) is 12.8. The fourth-order valence-electron chi connectivity index (χ4n) is 2.21. The molecular weight excluding hydrogens is 277 g/mol. The second-order valence-electron chi connectivity index (χ2n) is 5.24. The summed E-state index contributed by atoms with van der Waals surface area (Å²) >= 11 is 0. The van der Waals surface area contributed by atoms with E-state index in [9.17, 15) is 9.18 Å². The molecule has 2 aromatic carbocycles. The highest BCUT2D eigenvalue weighted by Crippen LogP contribution is 2.26. The van der Waals surface area contributed by atoms with E-state index in [0.29, 0.717) is 11.5 Å². The van der Waals surface area contributed by atoms with Crippen LogP contribution in [0.4, 0.5) is 10.1 Å². The van der Waals surface area contributed by atoms with E-state index >= 15 is 0 Å². The number of amides is 1. The maximum atomic E-state index is 13.5. The molecule has 2 aromatic rings. The number of anilines is 1. The molecule has 1 atom stereocenters. The highest BCUT2D eigenvalue weighted by molar-refractivity contribution is 6.02. The summed E-state index contributed by atoms with van der Waals surface area (Å²) in [6.45, 7) is 4.24. The first-order chi connectivity index (χ1) is 10.6. The SMILES string of the molecule is CC[C@H](C)c1ccccc1NC(=O)/C=C/c1ccccc1F. The Morgan fingerprint density at radius 1 is 1.18 bits per heavy atom. The molecule has 0 saturated carbocycles. The van der Waals surface area contributed by atoms with Gasteiger partial charge in [-0.25, -0.2) is 4.39 Å². The Balaban J connectivity index is 2.12. The van der Waals surface area contributed by atoms with Crippen molar-refractivity contribution >= 4 is 17.7 Å². The fraction of sp³-hybridized carbons (Fsp3) is 0.211. The molecule has 0 unspecified atom stereocenters. The van der Waals surface area contributed by atoms with Crippen LogP contribution in [0.2, 0.25) is 0 Å². The number of carbonyl (C=O) groups is 1. The third-order valence-corrected chi connectivity index (χ3v) is 3.68. The summed E-state index contributed by atoms with van der Waals surface area (Å²) in [6.07, 6.45) is 3.83. The number of hydrogen-bond acceptors (Lipinski definition) is 1. The number of benzene rings is 2. The predicted octanol–water partition coefficient (Wildman–Crippen LogP) is 4.99. The average Bonchev–Trinajstić information content (AvgIpc) is 2.54. The molecule has 0 saturated heterocycles. The second-order valence-corrected chi connectivity index (χ2v) is 5.24. The van der Waals surface area contributed by atoms with Crippen LogP contribution < -0.4 is 5.32 Å². The van der Waals surface area contributed by atoms with Crippen LogP contribution in [0.3, 0.4) is 0 Å². The largest absolute Gasteiger partial charge is 0.322 e. The van der Waals surface area contributed by atoms with Gasteiger partial charge in [-0.3, -0.25) is 4.79 Å². The van der Waals surface area contributed by atoms with Crippen molar-refractivity contribution in [1.82, 2.24) is 0 Å². The minimum Gasteiger partial charge on any atom is -0.322 e. The molecule has 0 aliphatic rings. The molecule has 1 amide bonds. The molecule has 0 radical (unpaired) electrons. The Bertz CT molecular complexity index is 679. The maximum Gasteiger partial charge on any atom is 0.248 e. The van der Waals surface area contributed by atoms with E-state index in [1.807, 2.05) is 24.3 Å². The number of rotatable bonds is 5. The smallest absolute Gasteiger partial charge is 0.248 e. The van der Waals surface area contributed by atoms with Gasteiger partial charge >= 0.3 is 0 Å². The van der Waals surface area contributed by atoms with Crippen molar-refractivity contribution in [3.63, 3.8) is 0 Å². The van der Waals surface area contributed by atoms with E-state index in [4.69, 9.17) is 0 Å². The Kier molecular flexibility index (Phi) is 5.48.